The molecule has 1 unspecified atom stereocenters. The van der Waals surface area contributed by atoms with Crippen molar-refractivity contribution in [1.29, 1.82) is 0 Å². The average molecular weight is 282 g/mol. The Bertz CT molecular complexity index is 541. The van der Waals surface area contributed by atoms with Crippen molar-refractivity contribution < 1.29 is 24.6 Å². The second kappa shape index (κ2) is 5.59. The van der Waals surface area contributed by atoms with E-state index in [-0.39, 0.29) is 6.54 Å². The Kier molecular flexibility index (Phi) is 3.87. The number of fused-ring (bicyclic) bond motifs is 1. The summed E-state index contributed by atoms with van der Waals surface area (Å²) in [6.07, 6.45) is 2.76. The predicted molar refractivity (Wildman–Crippen MR) is 64.8 cm³/mol. The van der Waals surface area contributed by atoms with Crippen LogP contribution in [0.4, 0.5) is 4.79 Å². The van der Waals surface area contributed by atoms with Crippen molar-refractivity contribution in [1.82, 2.24) is 19.8 Å². The van der Waals surface area contributed by atoms with E-state index in [1.807, 2.05) is 4.57 Å². The van der Waals surface area contributed by atoms with E-state index in [9.17, 15) is 14.4 Å². The fourth-order valence-electron chi connectivity index (χ4n) is 1.96. The minimum Gasteiger partial charge on any atom is -0.481 e. The molecule has 108 valence electrons. The van der Waals surface area contributed by atoms with E-state index in [4.69, 9.17) is 10.2 Å². The van der Waals surface area contributed by atoms with Crippen molar-refractivity contribution >= 4 is 18.0 Å². The first kappa shape index (κ1) is 13.8. The van der Waals surface area contributed by atoms with E-state index in [1.54, 1.807) is 12.4 Å². The van der Waals surface area contributed by atoms with E-state index in [2.05, 4.69) is 10.3 Å². The van der Waals surface area contributed by atoms with Crippen LogP contribution in [0.2, 0.25) is 0 Å². The first-order chi connectivity index (χ1) is 9.47. The molecule has 2 rings (SSSR count). The maximum Gasteiger partial charge on any atom is 0.326 e. The van der Waals surface area contributed by atoms with Crippen molar-refractivity contribution in [2.75, 3.05) is 6.54 Å². The molecule has 2 amide bonds. The molecule has 1 aliphatic rings. The summed E-state index contributed by atoms with van der Waals surface area (Å²) in [6, 6.07) is -2.05. The Morgan fingerprint density at radius 1 is 1.35 bits per heavy atom. The molecule has 3 N–H and O–H groups in total. The van der Waals surface area contributed by atoms with E-state index >= 15 is 0 Å². The second-order valence-electron chi connectivity index (χ2n) is 4.40. The Hall–Kier alpha value is -2.58. The number of hydrogen-bond donors (Lipinski definition) is 3. The number of rotatable bonds is 4. The number of amides is 2. The zero-order valence-corrected chi connectivity index (χ0v) is 10.5. The van der Waals surface area contributed by atoms with Gasteiger partial charge in [0, 0.05) is 25.5 Å². The smallest absolute Gasteiger partial charge is 0.326 e. The molecule has 0 aliphatic carbocycles. The van der Waals surface area contributed by atoms with Crippen LogP contribution in [0, 0.1) is 0 Å². The molecule has 1 aromatic rings. The van der Waals surface area contributed by atoms with Crippen molar-refractivity contribution in [3.05, 3.63) is 18.2 Å². The molecule has 1 aromatic heterocycles. The highest BCUT2D eigenvalue weighted by Crippen LogP contribution is 2.10. The van der Waals surface area contributed by atoms with Crippen LogP contribution in [0.5, 0.6) is 0 Å². The molecule has 0 aromatic carbocycles. The Morgan fingerprint density at radius 2 is 2.10 bits per heavy atom. The summed E-state index contributed by atoms with van der Waals surface area (Å²) in [7, 11) is 0. The van der Waals surface area contributed by atoms with Crippen molar-refractivity contribution in [2.24, 2.45) is 0 Å². The average Bonchev–Trinajstić information content (AvgIpc) is 2.84. The van der Waals surface area contributed by atoms with E-state index in [0.29, 0.717) is 18.9 Å². The van der Waals surface area contributed by atoms with Gasteiger partial charge in [-0.25, -0.2) is 14.6 Å². The summed E-state index contributed by atoms with van der Waals surface area (Å²) in [5.74, 6) is -1.96. The first-order valence-electron chi connectivity index (χ1n) is 5.97. The quantitative estimate of drug-likeness (QED) is 0.673. The van der Waals surface area contributed by atoms with Crippen LogP contribution >= 0.6 is 0 Å². The topological polar surface area (TPSA) is 125 Å². The second-order valence-corrected chi connectivity index (χ2v) is 4.40. The molecule has 9 nitrogen and oxygen atoms in total. The third-order valence-electron chi connectivity index (χ3n) is 3.01. The van der Waals surface area contributed by atoms with Gasteiger partial charge in [0.1, 0.15) is 11.9 Å². The van der Waals surface area contributed by atoms with Gasteiger partial charge >= 0.3 is 18.0 Å². The highest BCUT2D eigenvalue weighted by molar-refractivity contribution is 5.86. The number of carbonyl (C=O) groups is 3. The zero-order chi connectivity index (χ0) is 14.7. The number of hydrogen-bond acceptors (Lipinski definition) is 4. The summed E-state index contributed by atoms with van der Waals surface area (Å²) in [4.78, 5) is 38.9. The first-order valence-corrected chi connectivity index (χ1v) is 5.97. The van der Waals surface area contributed by atoms with Gasteiger partial charge in [-0.05, 0) is 0 Å². The molecular weight excluding hydrogens is 268 g/mol. The number of carboxylic acid groups (broad SMARTS) is 2. The summed E-state index contributed by atoms with van der Waals surface area (Å²) < 4.78 is 1.90. The molecule has 9 heteroatoms. The third kappa shape index (κ3) is 3.05. The number of nitrogens with zero attached hydrogens (tertiary/aromatic N) is 3. The number of carboxylic acids is 2. The SMILES string of the molecule is O=C(O)CC(NC(=O)N1CCn2ccnc2C1)C(=O)O. The van der Waals surface area contributed by atoms with Gasteiger partial charge < -0.3 is 25.0 Å². The highest BCUT2D eigenvalue weighted by atomic mass is 16.4. The molecule has 0 saturated carbocycles. The largest absolute Gasteiger partial charge is 0.481 e. The van der Waals surface area contributed by atoms with Gasteiger partial charge in [-0.15, -0.1) is 0 Å². The van der Waals surface area contributed by atoms with Crippen molar-refractivity contribution in [3.63, 3.8) is 0 Å². The summed E-state index contributed by atoms with van der Waals surface area (Å²) in [5.41, 5.74) is 0. The van der Waals surface area contributed by atoms with Crippen LogP contribution in [0.3, 0.4) is 0 Å². The number of aromatic nitrogens is 2. The van der Waals surface area contributed by atoms with Gasteiger partial charge in [-0.3, -0.25) is 4.79 Å². The van der Waals surface area contributed by atoms with Crippen LogP contribution in [0.25, 0.3) is 0 Å². The zero-order valence-electron chi connectivity index (χ0n) is 10.5. The Labute approximate surface area is 113 Å². The third-order valence-corrected chi connectivity index (χ3v) is 3.01. The van der Waals surface area contributed by atoms with Crippen molar-refractivity contribution in [3.8, 4) is 0 Å². The molecule has 2 heterocycles. The van der Waals surface area contributed by atoms with E-state index in [0.717, 1.165) is 0 Å². The number of aliphatic carboxylic acids is 2. The fourth-order valence-corrected chi connectivity index (χ4v) is 1.96. The minimum absolute atomic E-state index is 0.262. The standard InChI is InChI=1S/C11H14N4O5/c16-9(17)5-7(10(18)19)13-11(20)15-4-3-14-2-1-12-8(14)6-15/h1-2,7H,3-6H2,(H,13,20)(H,16,17)(H,18,19). The van der Waals surface area contributed by atoms with Gasteiger partial charge in [0.25, 0.3) is 0 Å². The van der Waals surface area contributed by atoms with E-state index in [1.165, 1.54) is 4.90 Å². The fraction of sp³-hybridized carbons (Fsp3) is 0.455. The lowest BCUT2D eigenvalue weighted by atomic mass is 10.2. The Morgan fingerprint density at radius 3 is 2.75 bits per heavy atom. The lowest BCUT2D eigenvalue weighted by molar-refractivity contribution is -0.145. The number of imidazole rings is 1. The predicted octanol–water partition coefficient (Wildman–Crippen LogP) is -0.664. The van der Waals surface area contributed by atoms with Crippen molar-refractivity contribution in [2.45, 2.75) is 25.6 Å². The summed E-state index contributed by atoms with van der Waals surface area (Å²) >= 11 is 0. The van der Waals surface area contributed by atoms with Crippen LogP contribution in [0.15, 0.2) is 12.4 Å². The lowest BCUT2D eigenvalue weighted by Crippen LogP contribution is -2.50. The number of carbonyl (C=O) groups excluding carboxylic acids is 1. The molecule has 0 saturated heterocycles. The molecule has 0 fully saturated rings. The van der Waals surface area contributed by atoms with Gasteiger partial charge in [-0.2, -0.15) is 0 Å². The molecule has 1 atom stereocenters. The molecule has 0 bridgehead atoms. The molecular formula is C11H14N4O5. The normalized spacial score (nSPS) is 15.3. The molecule has 20 heavy (non-hydrogen) atoms. The summed E-state index contributed by atoms with van der Waals surface area (Å²) in [5, 5.41) is 19.7. The summed E-state index contributed by atoms with van der Waals surface area (Å²) in [6.45, 7) is 1.24. The Balaban J connectivity index is 1.98. The van der Waals surface area contributed by atoms with Crippen LogP contribution < -0.4 is 5.32 Å². The van der Waals surface area contributed by atoms with Gasteiger partial charge in [0.2, 0.25) is 0 Å². The van der Waals surface area contributed by atoms with Gasteiger partial charge in [0.15, 0.2) is 0 Å². The monoisotopic (exact) mass is 282 g/mol. The number of nitrogens with one attached hydrogen (secondary N) is 1. The molecule has 0 spiro atoms. The maximum absolute atomic E-state index is 11.9. The number of urea groups is 1. The highest BCUT2D eigenvalue weighted by Gasteiger charge is 2.27. The lowest BCUT2D eigenvalue weighted by Gasteiger charge is -2.28. The maximum atomic E-state index is 11.9. The molecule has 0 radical (unpaired) electrons. The van der Waals surface area contributed by atoms with Gasteiger partial charge in [-0.1, -0.05) is 0 Å². The van der Waals surface area contributed by atoms with Crippen LogP contribution in [-0.2, 0) is 22.7 Å². The van der Waals surface area contributed by atoms with E-state index < -0.39 is 30.4 Å². The van der Waals surface area contributed by atoms with Crippen LogP contribution in [0.1, 0.15) is 12.2 Å². The van der Waals surface area contributed by atoms with Gasteiger partial charge in [0.05, 0.1) is 13.0 Å². The molecule has 1 aliphatic heterocycles. The van der Waals surface area contributed by atoms with Crippen LogP contribution in [-0.4, -0.2) is 55.2 Å². The minimum atomic E-state index is -1.44.